The Labute approximate surface area is 113 Å². The molecule has 1 fully saturated rings. The van der Waals surface area contributed by atoms with Gasteiger partial charge in [0, 0.05) is 13.1 Å². The van der Waals surface area contributed by atoms with Crippen LogP contribution in [0.5, 0.6) is 0 Å². The molecule has 19 heavy (non-hydrogen) atoms. The summed E-state index contributed by atoms with van der Waals surface area (Å²) in [5.74, 6) is -0.00254. The summed E-state index contributed by atoms with van der Waals surface area (Å²) < 4.78 is 12.8. The van der Waals surface area contributed by atoms with Gasteiger partial charge in [-0.25, -0.2) is 4.39 Å². The van der Waals surface area contributed by atoms with E-state index in [4.69, 9.17) is 0 Å². The number of rotatable bonds is 4. The highest BCUT2D eigenvalue weighted by atomic mass is 19.1. The molecule has 0 saturated carbocycles. The highest BCUT2D eigenvalue weighted by Crippen LogP contribution is 2.22. The molecule has 1 heterocycles. The van der Waals surface area contributed by atoms with E-state index >= 15 is 0 Å². The molecule has 0 radical (unpaired) electrons. The van der Waals surface area contributed by atoms with E-state index < -0.39 is 6.10 Å². The second kappa shape index (κ2) is 6.46. The fraction of sp³-hybridized carbons (Fsp3) is 0.600. The second-order valence-electron chi connectivity index (χ2n) is 5.47. The number of nitrogens with zero attached hydrogens (tertiary/aromatic N) is 1. The number of piperidine rings is 1. The number of halogens is 1. The van der Waals surface area contributed by atoms with Gasteiger partial charge in [0.25, 0.3) is 0 Å². The molecule has 3 atom stereocenters. The highest BCUT2D eigenvalue weighted by molar-refractivity contribution is 5.18. The van der Waals surface area contributed by atoms with E-state index in [9.17, 15) is 14.6 Å². The Morgan fingerprint density at radius 1 is 1.32 bits per heavy atom. The van der Waals surface area contributed by atoms with Crippen LogP contribution in [-0.2, 0) is 0 Å². The second-order valence-corrected chi connectivity index (χ2v) is 5.47. The maximum absolute atomic E-state index is 12.8. The van der Waals surface area contributed by atoms with Crippen molar-refractivity contribution in [2.45, 2.75) is 32.0 Å². The molecule has 1 aliphatic heterocycles. The monoisotopic (exact) mass is 267 g/mol. The average Bonchev–Trinajstić information content (AvgIpc) is 2.39. The van der Waals surface area contributed by atoms with Crippen molar-refractivity contribution in [3.05, 3.63) is 35.6 Å². The molecule has 106 valence electrons. The molecule has 1 saturated heterocycles. The predicted molar refractivity (Wildman–Crippen MR) is 72.2 cm³/mol. The Bertz CT molecular complexity index is 394. The Hall–Kier alpha value is -0.970. The molecule has 0 spiro atoms. The third-order valence-corrected chi connectivity index (χ3v) is 3.91. The van der Waals surface area contributed by atoms with Gasteiger partial charge in [-0.05, 0) is 49.9 Å². The Balaban J connectivity index is 1.91. The van der Waals surface area contributed by atoms with Gasteiger partial charge in [-0.2, -0.15) is 0 Å². The van der Waals surface area contributed by atoms with Crippen LogP contribution in [0.1, 0.15) is 31.4 Å². The van der Waals surface area contributed by atoms with Gasteiger partial charge in [-0.15, -0.1) is 0 Å². The van der Waals surface area contributed by atoms with Crippen LogP contribution in [0.4, 0.5) is 4.39 Å². The van der Waals surface area contributed by atoms with Crippen molar-refractivity contribution in [3.63, 3.8) is 0 Å². The zero-order valence-electron chi connectivity index (χ0n) is 11.3. The van der Waals surface area contributed by atoms with Gasteiger partial charge >= 0.3 is 0 Å². The summed E-state index contributed by atoms with van der Waals surface area (Å²) in [4.78, 5) is 2.18. The zero-order chi connectivity index (χ0) is 13.8. The highest BCUT2D eigenvalue weighted by Gasteiger charge is 2.24. The fourth-order valence-corrected chi connectivity index (χ4v) is 2.69. The normalized spacial score (nSPS) is 24.1. The van der Waals surface area contributed by atoms with Gasteiger partial charge in [0.1, 0.15) is 5.82 Å². The fourth-order valence-electron chi connectivity index (χ4n) is 2.69. The van der Waals surface area contributed by atoms with Crippen LogP contribution in [0.2, 0.25) is 0 Å². The summed E-state index contributed by atoms with van der Waals surface area (Å²) in [5, 5.41) is 19.8. The van der Waals surface area contributed by atoms with Crippen molar-refractivity contribution in [2.24, 2.45) is 5.92 Å². The molecule has 2 rings (SSSR count). The average molecular weight is 267 g/mol. The zero-order valence-corrected chi connectivity index (χ0v) is 11.3. The first-order valence-electron chi connectivity index (χ1n) is 6.90. The first-order valence-corrected chi connectivity index (χ1v) is 6.90. The Morgan fingerprint density at radius 3 is 2.63 bits per heavy atom. The van der Waals surface area contributed by atoms with Crippen LogP contribution < -0.4 is 0 Å². The first-order chi connectivity index (χ1) is 9.06. The summed E-state index contributed by atoms with van der Waals surface area (Å²) in [6, 6.07) is 5.98. The van der Waals surface area contributed by atoms with Crippen molar-refractivity contribution in [1.82, 2.24) is 4.90 Å². The standard InChI is InChI=1S/C15H22FNO2/c1-11(18)13-3-2-8-17(9-13)10-15(19)12-4-6-14(16)7-5-12/h4-7,11,13,15,18-19H,2-3,8-10H2,1H3/t11-,13+,15-/m0/s1. The topological polar surface area (TPSA) is 43.7 Å². The quantitative estimate of drug-likeness (QED) is 0.876. The van der Waals surface area contributed by atoms with Gasteiger partial charge in [-0.1, -0.05) is 12.1 Å². The molecule has 4 heteroatoms. The van der Waals surface area contributed by atoms with Crippen molar-refractivity contribution >= 4 is 0 Å². The molecule has 1 aliphatic rings. The first kappa shape index (κ1) is 14.4. The molecule has 3 nitrogen and oxygen atoms in total. The third kappa shape index (κ3) is 4.00. The van der Waals surface area contributed by atoms with Crippen molar-refractivity contribution in [1.29, 1.82) is 0 Å². The smallest absolute Gasteiger partial charge is 0.123 e. The predicted octanol–water partition coefficient (Wildman–Crippen LogP) is 1.95. The minimum Gasteiger partial charge on any atom is -0.393 e. The number of benzene rings is 1. The minimum atomic E-state index is -0.603. The van der Waals surface area contributed by atoms with E-state index in [0.717, 1.165) is 31.5 Å². The van der Waals surface area contributed by atoms with Crippen LogP contribution in [0, 0.1) is 11.7 Å². The lowest BCUT2D eigenvalue weighted by atomic mass is 9.93. The summed E-state index contributed by atoms with van der Waals surface area (Å²) in [6.45, 7) is 4.12. The number of aliphatic hydroxyl groups is 2. The number of β-amino-alcohol motifs (C(OH)–C–C–N with tert-alkyl or cyclic N) is 1. The molecule has 0 aliphatic carbocycles. The Kier molecular flexibility index (Phi) is 4.91. The summed E-state index contributed by atoms with van der Waals surface area (Å²) in [7, 11) is 0. The maximum atomic E-state index is 12.8. The van der Waals surface area contributed by atoms with E-state index in [0.29, 0.717) is 6.54 Å². The number of hydrogen-bond acceptors (Lipinski definition) is 3. The minimum absolute atomic E-state index is 0.286. The number of hydrogen-bond donors (Lipinski definition) is 2. The van der Waals surface area contributed by atoms with Gasteiger partial charge in [0.05, 0.1) is 12.2 Å². The summed E-state index contributed by atoms with van der Waals surface area (Å²) >= 11 is 0. The summed E-state index contributed by atoms with van der Waals surface area (Å²) in [5.41, 5.74) is 0.737. The van der Waals surface area contributed by atoms with E-state index in [1.807, 2.05) is 6.92 Å². The third-order valence-electron chi connectivity index (χ3n) is 3.91. The molecule has 0 bridgehead atoms. The van der Waals surface area contributed by atoms with E-state index in [-0.39, 0.29) is 17.8 Å². The van der Waals surface area contributed by atoms with E-state index in [1.54, 1.807) is 12.1 Å². The van der Waals surface area contributed by atoms with Crippen LogP contribution in [0.3, 0.4) is 0 Å². The van der Waals surface area contributed by atoms with Gasteiger partial charge < -0.3 is 15.1 Å². The van der Waals surface area contributed by atoms with Crippen LogP contribution >= 0.6 is 0 Å². The Morgan fingerprint density at radius 2 is 2.00 bits per heavy atom. The van der Waals surface area contributed by atoms with Crippen molar-refractivity contribution in [3.8, 4) is 0 Å². The molecular weight excluding hydrogens is 245 g/mol. The molecule has 1 aromatic rings. The van der Waals surface area contributed by atoms with Crippen LogP contribution in [0.25, 0.3) is 0 Å². The van der Waals surface area contributed by atoms with Crippen molar-refractivity contribution in [2.75, 3.05) is 19.6 Å². The molecule has 0 aromatic heterocycles. The van der Waals surface area contributed by atoms with Crippen molar-refractivity contribution < 1.29 is 14.6 Å². The molecule has 0 amide bonds. The molecule has 2 N–H and O–H groups in total. The number of aliphatic hydroxyl groups excluding tert-OH is 2. The lowest BCUT2D eigenvalue weighted by Gasteiger charge is -2.35. The van der Waals surface area contributed by atoms with Crippen LogP contribution in [-0.4, -0.2) is 40.9 Å². The molecule has 1 aromatic carbocycles. The lowest BCUT2D eigenvalue weighted by Crippen LogP contribution is -2.41. The summed E-state index contributed by atoms with van der Waals surface area (Å²) in [6.07, 6.45) is 1.19. The van der Waals surface area contributed by atoms with E-state index in [2.05, 4.69) is 4.90 Å². The number of likely N-dealkylation sites (tertiary alicyclic amines) is 1. The van der Waals surface area contributed by atoms with Gasteiger partial charge in [0.2, 0.25) is 0 Å². The van der Waals surface area contributed by atoms with Gasteiger partial charge in [-0.3, -0.25) is 0 Å². The van der Waals surface area contributed by atoms with Crippen LogP contribution in [0.15, 0.2) is 24.3 Å². The maximum Gasteiger partial charge on any atom is 0.123 e. The SMILES string of the molecule is C[C@H](O)[C@@H]1CCCN(C[C@H](O)c2ccc(F)cc2)C1. The lowest BCUT2D eigenvalue weighted by molar-refractivity contribution is 0.0377. The van der Waals surface area contributed by atoms with E-state index in [1.165, 1.54) is 12.1 Å². The molecular formula is C15H22FNO2. The molecule has 0 unspecified atom stereocenters. The van der Waals surface area contributed by atoms with Gasteiger partial charge in [0.15, 0.2) is 0 Å². The largest absolute Gasteiger partial charge is 0.393 e.